The Morgan fingerprint density at radius 3 is 2.89 bits per heavy atom. The number of rotatable bonds is 4. The lowest BCUT2D eigenvalue weighted by atomic mass is 10.2. The molecule has 1 heterocycles. The molecule has 1 aromatic heterocycles. The number of hydrogen-bond donors (Lipinski definition) is 1. The summed E-state index contributed by atoms with van der Waals surface area (Å²) in [7, 11) is 1.86. The van der Waals surface area contributed by atoms with Crippen molar-refractivity contribution in [2.45, 2.75) is 13.3 Å². The third kappa shape index (κ3) is 2.73. The van der Waals surface area contributed by atoms with Crippen LogP contribution in [0.25, 0.3) is 11.0 Å². The molecule has 0 saturated carbocycles. The minimum Gasteiger partial charge on any atom is -0.404 e. The number of aromatic nitrogens is 1. The van der Waals surface area contributed by atoms with Gasteiger partial charge < -0.3 is 5.73 Å². The maximum Gasteiger partial charge on any atom is 0.800 e. The summed E-state index contributed by atoms with van der Waals surface area (Å²) in [6.45, 7) is 5.86. The van der Waals surface area contributed by atoms with Gasteiger partial charge in [-0.2, -0.15) is 0 Å². The zero-order valence-electron chi connectivity index (χ0n) is 11.2. The van der Waals surface area contributed by atoms with Crippen molar-refractivity contribution in [1.29, 1.82) is 0 Å². The highest BCUT2D eigenvalue weighted by molar-refractivity contribution is 5.74. The number of aryl methyl sites for hydroxylation is 1. The standard InChI is InChI=1S/C15H18N2O2/c1-4-12(9-16)11(2)18-15-17(3)10-13-7-5-6-8-14(13)19-15/h5-10H,2,4,16H2,1,3H3/q+2. The van der Waals surface area contributed by atoms with E-state index in [9.17, 15) is 0 Å². The summed E-state index contributed by atoms with van der Waals surface area (Å²) in [5.74, 6) is 0.500. The largest absolute Gasteiger partial charge is 0.800 e. The lowest BCUT2D eigenvalue weighted by Crippen LogP contribution is -2.30. The first-order valence-corrected chi connectivity index (χ1v) is 6.15. The second kappa shape index (κ2) is 5.52. The van der Waals surface area contributed by atoms with E-state index < -0.39 is 0 Å². The van der Waals surface area contributed by atoms with Gasteiger partial charge in [-0.1, -0.05) is 23.6 Å². The van der Waals surface area contributed by atoms with Gasteiger partial charge in [-0.3, -0.25) is 0 Å². The molecule has 0 atom stereocenters. The van der Waals surface area contributed by atoms with E-state index in [4.69, 9.17) is 14.9 Å². The highest BCUT2D eigenvalue weighted by Crippen LogP contribution is 2.20. The second-order valence-corrected chi connectivity index (χ2v) is 4.22. The first-order valence-electron chi connectivity index (χ1n) is 6.15. The van der Waals surface area contributed by atoms with E-state index in [0.717, 1.165) is 23.0 Å². The first-order chi connectivity index (χ1) is 9.15. The van der Waals surface area contributed by atoms with Crippen LogP contribution in [-0.2, 0) is 7.05 Å². The van der Waals surface area contributed by atoms with Gasteiger partial charge in [0.2, 0.25) is 0 Å². The Morgan fingerprint density at radius 1 is 1.47 bits per heavy atom. The third-order valence-corrected chi connectivity index (χ3v) is 2.89. The monoisotopic (exact) mass is 258 g/mol. The number of para-hydroxylation sites is 1. The lowest BCUT2D eigenvalue weighted by molar-refractivity contribution is -0.685. The molecule has 0 aliphatic rings. The van der Waals surface area contributed by atoms with Crippen molar-refractivity contribution in [2.24, 2.45) is 12.8 Å². The van der Waals surface area contributed by atoms with Crippen molar-refractivity contribution < 1.29 is 13.7 Å². The number of nitrogens with zero attached hydrogens (tertiary/aromatic N) is 1. The summed E-state index contributed by atoms with van der Waals surface area (Å²) in [4.78, 5) is 0. The van der Waals surface area contributed by atoms with Gasteiger partial charge in [0.1, 0.15) is 5.39 Å². The summed E-state index contributed by atoms with van der Waals surface area (Å²) < 4.78 is 13.1. The van der Waals surface area contributed by atoms with E-state index in [2.05, 4.69) is 6.58 Å². The molecule has 4 nitrogen and oxygen atoms in total. The maximum atomic E-state index is 5.71. The number of allylic oxidation sites excluding steroid dienone is 1. The molecular weight excluding hydrogens is 240 g/mol. The van der Waals surface area contributed by atoms with Crippen LogP contribution >= 0.6 is 0 Å². The maximum absolute atomic E-state index is 5.71. The van der Waals surface area contributed by atoms with Crippen LogP contribution in [-0.4, -0.2) is 0 Å². The molecule has 19 heavy (non-hydrogen) atoms. The number of ether oxygens (including phenoxy) is 1. The molecule has 2 N–H and O–H groups in total. The molecule has 0 bridgehead atoms. The third-order valence-electron chi connectivity index (χ3n) is 2.89. The van der Waals surface area contributed by atoms with Crippen LogP contribution in [0.5, 0.6) is 6.08 Å². The summed E-state index contributed by atoms with van der Waals surface area (Å²) in [6.07, 6.45) is 4.58. The minimum absolute atomic E-state index is 0.372. The van der Waals surface area contributed by atoms with E-state index in [-0.39, 0.29) is 0 Å². The van der Waals surface area contributed by atoms with Gasteiger partial charge in [-0.15, -0.1) is 0 Å². The van der Waals surface area contributed by atoms with Gasteiger partial charge in [0.15, 0.2) is 13.2 Å². The summed E-state index contributed by atoms with van der Waals surface area (Å²) in [6, 6.07) is 7.75. The Labute approximate surface area is 112 Å². The van der Waals surface area contributed by atoms with E-state index >= 15 is 0 Å². The average molecular weight is 258 g/mol. The van der Waals surface area contributed by atoms with Gasteiger partial charge in [-0.05, 0) is 19.1 Å². The van der Waals surface area contributed by atoms with E-state index in [1.807, 2.05) is 44.4 Å². The van der Waals surface area contributed by atoms with Crippen LogP contribution in [0.3, 0.4) is 0 Å². The molecule has 1 aromatic carbocycles. The van der Waals surface area contributed by atoms with Gasteiger partial charge in [-0.25, -0.2) is 9.15 Å². The molecule has 0 unspecified atom stereocenters. The van der Waals surface area contributed by atoms with Crippen molar-refractivity contribution in [1.82, 2.24) is 0 Å². The molecule has 0 aliphatic carbocycles. The molecule has 0 aliphatic heterocycles. The van der Waals surface area contributed by atoms with Gasteiger partial charge >= 0.3 is 6.08 Å². The van der Waals surface area contributed by atoms with E-state index in [0.29, 0.717) is 11.8 Å². The number of hydrogen-bond acceptors (Lipinski definition) is 2. The summed E-state index contributed by atoms with van der Waals surface area (Å²) in [5, 5.41) is 1.01. The van der Waals surface area contributed by atoms with Crippen LogP contribution < -0.4 is 15.0 Å². The van der Waals surface area contributed by atoms with Crippen molar-refractivity contribution in [3.8, 4) is 6.08 Å². The van der Waals surface area contributed by atoms with Gasteiger partial charge in [0.25, 0.3) is 11.3 Å². The summed E-state index contributed by atoms with van der Waals surface area (Å²) >= 11 is 0. The average Bonchev–Trinajstić information content (AvgIpc) is 2.41. The van der Waals surface area contributed by atoms with Crippen LogP contribution in [0.15, 0.2) is 59.0 Å². The number of nitrogens with two attached hydrogens (primary N) is 1. The molecule has 2 aromatic rings. The summed E-state index contributed by atoms with van der Waals surface area (Å²) in [5.41, 5.74) is 7.14. The van der Waals surface area contributed by atoms with E-state index in [1.165, 1.54) is 6.20 Å². The fourth-order valence-corrected chi connectivity index (χ4v) is 1.78. The predicted molar refractivity (Wildman–Crippen MR) is 74.1 cm³/mol. The molecule has 98 valence electrons. The Balaban J connectivity index is 2.35. The van der Waals surface area contributed by atoms with Crippen molar-refractivity contribution >= 4 is 11.0 Å². The van der Waals surface area contributed by atoms with Crippen molar-refractivity contribution in [2.75, 3.05) is 0 Å². The molecule has 0 saturated heterocycles. The molecular formula is C15H18N2O2+2. The molecule has 0 spiro atoms. The number of benzene rings is 1. The van der Waals surface area contributed by atoms with Crippen LogP contribution in [0.2, 0.25) is 0 Å². The zero-order valence-corrected chi connectivity index (χ0v) is 11.2. The molecule has 0 radical (unpaired) electrons. The first kappa shape index (κ1) is 13.1. The highest BCUT2D eigenvalue weighted by Gasteiger charge is 2.29. The Morgan fingerprint density at radius 2 is 2.21 bits per heavy atom. The molecule has 0 amide bonds. The molecule has 0 fully saturated rings. The van der Waals surface area contributed by atoms with Gasteiger partial charge in [0, 0.05) is 17.8 Å². The fraction of sp³-hybridized carbons (Fsp3) is 0.200. The Hall–Kier alpha value is -2.36. The van der Waals surface area contributed by atoms with Crippen LogP contribution in [0.1, 0.15) is 13.3 Å². The van der Waals surface area contributed by atoms with Crippen LogP contribution in [0.4, 0.5) is 0 Å². The molecule has 4 heteroatoms. The fourth-order valence-electron chi connectivity index (χ4n) is 1.78. The van der Waals surface area contributed by atoms with Crippen molar-refractivity contribution in [3.05, 3.63) is 54.6 Å². The SMILES string of the molecule is C=C(Oc1[o+]c2ccccc2c[n+]1C)C(=CN)CC. The zero-order chi connectivity index (χ0) is 13.8. The van der Waals surface area contributed by atoms with Crippen LogP contribution in [0, 0.1) is 0 Å². The highest BCUT2D eigenvalue weighted by atomic mass is 16.6. The topological polar surface area (TPSA) is 50.4 Å². The van der Waals surface area contributed by atoms with Gasteiger partial charge in [0.05, 0.1) is 0 Å². The second-order valence-electron chi connectivity index (χ2n) is 4.22. The Kier molecular flexibility index (Phi) is 3.80. The predicted octanol–water partition coefficient (Wildman–Crippen LogP) is 2.68. The van der Waals surface area contributed by atoms with E-state index in [1.54, 1.807) is 4.57 Å². The quantitative estimate of drug-likeness (QED) is 0.397. The lowest BCUT2D eigenvalue weighted by Gasteiger charge is -1.98. The minimum atomic E-state index is 0.372. The number of fused-ring (bicyclic) bond motifs is 1. The molecule has 2 rings (SSSR count). The smallest absolute Gasteiger partial charge is 0.404 e. The Bertz CT molecular complexity index is 648. The normalized spacial score (nSPS) is 11.6. The van der Waals surface area contributed by atoms with Crippen molar-refractivity contribution in [3.63, 3.8) is 0 Å².